The quantitative estimate of drug-likeness (QED) is 0.299. The number of rotatable bonds is 6. The Labute approximate surface area is 199 Å². The van der Waals surface area contributed by atoms with Crippen LogP contribution in [-0.4, -0.2) is 35.5 Å². The van der Waals surface area contributed by atoms with Gasteiger partial charge in [-0.3, -0.25) is 14.3 Å². The zero-order chi connectivity index (χ0) is 23.8. The van der Waals surface area contributed by atoms with Crippen molar-refractivity contribution in [3.8, 4) is 0 Å². The van der Waals surface area contributed by atoms with Gasteiger partial charge in [-0.1, -0.05) is 11.8 Å². The molecule has 10 nitrogen and oxygen atoms in total. The smallest absolute Gasteiger partial charge is 0.293 e. The first kappa shape index (κ1) is 21.7. The number of fused-ring (bicyclic) bond motifs is 1. The second-order valence-electron chi connectivity index (χ2n) is 7.82. The number of imidazole rings is 1. The molecule has 0 saturated carbocycles. The maximum absolute atomic E-state index is 12.3. The molecule has 0 bridgehead atoms. The molecule has 172 valence electrons. The van der Waals surface area contributed by atoms with Gasteiger partial charge in [0, 0.05) is 34.1 Å². The number of aromatic nitrogens is 6. The van der Waals surface area contributed by atoms with Crippen molar-refractivity contribution in [2.24, 2.45) is 0 Å². The van der Waals surface area contributed by atoms with Gasteiger partial charge in [-0.15, -0.1) is 0 Å². The highest BCUT2D eigenvalue weighted by atomic mass is 32.2. The van der Waals surface area contributed by atoms with Crippen LogP contribution in [0.5, 0.6) is 0 Å². The van der Waals surface area contributed by atoms with Crippen molar-refractivity contribution in [1.82, 2.24) is 29.5 Å². The summed E-state index contributed by atoms with van der Waals surface area (Å²) in [6.45, 7) is 7.64. The summed E-state index contributed by atoms with van der Waals surface area (Å²) < 4.78 is 7.05. The fraction of sp³-hybridized carbons (Fsp3) is 0.174. The molecule has 0 aliphatic rings. The van der Waals surface area contributed by atoms with Gasteiger partial charge in [0.05, 0.1) is 11.4 Å². The second kappa shape index (κ2) is 8.67. The van der Waals surface area contributed by atoms with E-state index in [-0.39, 0.29) is 11.7 Å². The first-order valence-electron chi connectivity index (χ1n) is 10.5. The predicted molar refractivity (Wildman–Crippen MR) is 129 cm³/mol. The molecule has 11 heteroatoms. The minimum Gasteiger partial charge on any atom is -0.438 e. The van der Waals surface area contributed by atoms with E-state index in [0.29, 0.717) is 17.3 Å². The molecule has 0 aliphatic heterocycles. The molecule has 0 aliphatic carbocycles. The Kier molecular flexibility index (Phi) is 5.54. The lowest BCUT2D eigenvalue weighted by Crippen LogP contribution is -2.12. The molecule has 0 fully saturated rings. The number of H-pyrrole nitrogens is 1. The number of aryl methyl sites for hydroxylation is 3. The highest BCUT2D eigenvalue weighted by Gasteiger charge is 2.15. The van der Waals surface area contributed by atoms with E-state index in [9.17, 15) is 4.79 Å². The van der Waals surface area contributed by atoms with Gasteiger partial charge in [0.1, 0.15) is 10.7 Å². The molecular formula is C23H22N8O2S. The number of benzene rings is 1. The van der Waals surface area contributed by atoms with Gasteiger partial charge in [-0.05, 0) is 52.0 Å². The number of carbonyl (C=O) groups excluding carboxylic acids is 1. The van der Waals surface area contributed by atoms with E-state index in [1.807, 2.05) is 61.7 Å². The molecule has 5 aromatic rings. The Hall–Kier alpha value is -4.12. The Balaban J connectivity index is 1.37. The van der Waals surface area contributed by atoms with Crippen LogP contribution in [0.15, 0.2) is 57.3 Å². The number of oxazole rings is 1. The summed E-state index contributed by atoms with van der Waals surface area (Å²) in [6, 6.07) is 9.45. The van der Waals surface area contributed by atoms with Gasteiger partial charge in [-0.25, -0.2) is 15.0 Å². The van der Waals surface area contributed by atoms with Gasteiger partial charge in [0.15, 0.2) is 12.2 Å². The highest BCUT2D eigenvalue weighted by molar-refractivity contribution is 7.99. The van der Waals surface area contributed by atoms with Crippen LogP contribution in [0.4, 0.5) is 17.5 Å². The Morgan fingerprint density at radius 1 is 1.12 bits per heavy atom. The third-order valence-electron chi connectivity index (χ3n) is 5.32. The molecule has 4 aromatic heterocycles. The van der Waals surface area contributed by atoms with Crippen LogP contribution < -0.4 is 10.6 Å². The molecule has 1 aromatic carbocycles. The van der Waals surface area contributed by atoms with E-state index in [2.05, 4.69) is 30.8 Å². The third kappa shape index (κ3) is 4.25. The van der Waals surface area contributed by atoms with Crippen molar-refractivity contribution in [3.05, 3.63) is 71.3 Å². The SMILES string of the molecule is Cc1cn2c(Nc3n[nH]c(C)c3C)nc(Sc3ccc(NC(=O)c4ocnc4C)cc3)cc2n1. The normalized spacial score (nSPS) is 11.2. The molecule has 0 radical (unpaired) electrons. The van der Waals surface area contributed by atoms with Gasteiger partial charge in [0.25, 0.3) is 5.91 Å². The fourth-order valence-electron chi connectivity index (χ4n) is 3.38. The number of nitrogens with zero attached hydrogens (tertiary/aromatic N) is 5. The van der Waals surface area contributed by atoms with E-state index < -0.39 is 0 Å². The zero-order valence-corrected chi connectivity index (χ0v) is 19.8. The maximum atomic E-state index is 12.3. The van der Waals surface area contributed by atoms with E-state index >= 15 is 0 Å². The number of hydrogen-bond donors (Lipinski definition) is 3. The van der Waals surface area contributed by atoms with Crippen LogP contribution >= 0.6 is 11.8 Å². The summed E-state index contributed by atoms with van der Waals surface area (Å²) in [5.74, 6) is 1.22. The fourth-order valence-corrected chi connectivity index (χ4v) is 4.19. The van der Waals surface area contributed by atoms with E-state index in [1.54, 1.807) is 6.92 Å². The van der Waals surface area contributed by atoms with Gasteiger partial charge < -0.3 is 15.1 Å². The van der Waals surface area contributed by atoms with Crippen LogP contribution in [0.2, 0.25) is 0 Å². The van der Waals surface area contributed by atoms with Gasteiger partial charge in [-0.2, -0.15) is 5.10 Å². The summed E-state index contributed by atoms with van der Waals surface area (Å²) in [6.07, 6.45) is 3.19. The molecule has 0 spiro atoms. The summed E-state index contributed by atoms with van der Waals surface area (Å²) in [7, 11) is 0. The first-order valence-corrected chi connectivity index (χ1v) is 11.3. The standard InChI is InChI=1S/C23H22N8O2S/c1-12-10-31-18(25-12)9-19(27-23(31)28-21-13(2)14(3)29-30-21)34-17-7-5-16(6-8-17)26-22(32)20-15(4)24-11-33-20/h5-11H,1-4H3,(H,26,32)(H2,27,28,29,30). The Morgan fingerprint density at radius 3 is 2.59 bits per heavy atom. The lowest BCUT2D eigenvalue weighted by atomic mass is 10.3. The minimum absolute atomic E-state index is 0.202. The van der Waals surface area contributed by atoms with Crippen LogP contribution in [-0.2, 0) is 0 Å². The summed E-state index contributed by atoms with van der Waals surface area (Å²) in [5.41, 5.74) is 4.91. The summed E-state index contributed by atoms with van der Waals surface area (Å²) >= 11 is 1.50. The molecular weight excluding hydrogens is 452 g/mol. The average molecular weight is 475 g/mol. The topological polar surface area (TPSA) is 126 Å². The molecule has 0 atom stereocenters. The molecule has 34 heavy (non-hydrogen) atoms. The van der Waals surface area contributed by atoms with E-state index in [0.717, 1.165) is 38.3 Å². The monoisotopic (exact) mass is 474 g/mol. The van der Waals surface area contributed by atoms with E-state index in [4.69, 9.17) is 9.40 Å². The van der Waals surface area contributed by atoms with E-state index in [1.165, 1.54) is 18.2 Å². The number of amides is 1. The van der Waals surface area contributed by atoms with Crippen molar-refractivity contribution in [2.45, 2.75) is 37.6 Å². The Bertz CT molecular complexity index is 1500. The minimum atomic E-state index is -0.336. The lowest BCUT2D eigenvalue weighted by molar-refractivity contribution is 0.0996. The summed E-state index contributed by atoms with van der Waals surface area (Å²) in [5, 5.41) is 14.2. The molecule has 3 N–H and O–H groups in total. The largest absolute Gasteiger partial charge is 0.438 e. The molecule has 4 heterocycles. The number of anilines is 3. The van der Waals surface area contributed by atoms with Gasteiger partial charge in [0.2, 0.25) is 11.7 Å². The molecule has 0 saturated heterocycles. The second-order valence-corrected chi connectivity index (χ2v) is 8.92. The molecule has 0 unspecified atom stereocenters. The Morgan fingerprint density at radius 2 is 1.91 bits per heavy atom. The first-order chi connectivity index (χ1) is 16.4. The van der Waals surface area contributed by atoms with Crippen LogP contribution in [0.1, 0.15) is 33.2 Å². The van der Waals surface area contributed by atoms with Crippen molar-refractivity contribution in [3.63, 3.8) is 0 Å². The predicted octanol–water partition coefficient (Wildman–Crippen LogP) is 4.82. The maximum Gasteiger partial charge on any atom is 0.293 e. The number of carbonyl (C=O) groups is 1. The lowest BCUT2D eigenvalue weighted by Gasteiger charge is -2.10. The van der Waals surface area contributed by atoms with Gasteiger partial charge >= 0.3 is 0 Å². The summed E-state index contributed by atoms with van der Waals surface area (Å²) in [4.78, 5) is 26.6. The van der Waals surface area contributed by atoms with Crippen molar-refractivity contribution in [1.29, 1.82) is 0 Å². The van der Waals surface area contributed by atoms with Crippen molar-refractivity contribution < 1.29 is 9.21 Å². The highest BCUT2D eigenvalue weighted by Crippen LogP contribution is 2.30. The van der Waals surface area contributed by atoms with Crippen molar-refractivity contribution >= 4 is 40.8 Å². The van der Waals surface area contributed by atoms with Crippen LogP contribution in [0.3, 0.4) is 0 Å². The zero-order valence-electron chi connectivity index (χ0n) is 19.0. The van der Waals surface area contributed by atoms with Crippen molar-refractivity contribution in [2.75, 3.05) is 10.6 Å². The number of nitrogens with one attached hydrogen (secondary N) is 3. The average Bonchev–Trinajstić information content (AvgIpc) is 3.49. The number of hydrogen-bond acceptors (Lipinski definition) is 8. The molecule has 1 amide bonds. The number of aromatic amines is 1. The van der Waals surface area contributed by atoms with Crippen LogP contribution in [0, 0.1) is 27.7 Å². The molecule has 5 rings (SSSR count). The third-order valence-corrected chi connectivity index (χ3v) is 6.25. The van der Waals surface area contributed by atoms with Crippen LogP contribution in [0.25, 0.3) is 5.65 Å².